The molecule has 1 unspecified atom stereocenters. The Kier molecular flexibility index (Phi) is 3.71. The standard InChI is InChI=1S/C13H9BrClNS2/c14-8-5-6-17-13(8)9(15)7-12-16-10-3-1-2-4-11(10)18-12/h1-6,9H,7H2. The minimum atomic E-state index is -0.0139. The van der Waals surface area contributed by atoms with E-state index in [0.717, 1.165) is 21.4 Å². The van der Waals surface area contributed by atoms with Gasteiger partial charge in [0.2, 0.25) is 0 Å². The van der Waals surface area contributed by atoms with Crippen molar-refractivity contribution in [2.75, 3.05) is 0 Å². The summed E-state index contributed by atoms with van der Waals surface area (Å²) < 4.78 is 2.32. The Morgan fingerprint density at radius 1 is 1.28 bits per heavy atom. The van der Waals surface area contributed by atoms with E-state index in [1.54, 1.807) is 22.7 Å². The number of alkyl halides is 1. The first-order chi connectivity index (χ1) is 8.74. The third-order valence-corrected chi connectivity index (χ3v) is 6.17. The summed E-state index contributed by atoms with van der Waals surface area (Å²) in [4.78, 5) is 5.79. The SMILES string of the molecule is ClC(Cc1nc2ccccc2s1)c1sccc1Br. The van der Waals surface area contributed by atoms with Crippen LogP contribution >= 0.6 is 50.2 Å². The normalized spacial score (nSPS) is 13.0. The average Bonchev–Trinajstić information content (AvgIpc) is 2.94. The third-order valence-electron chi connectivity index (χ3n) is 2.62. The zero-order chi connectivity index (χ0) is 12.5. The van der Waals surface area contributed by atoms with Gasteiger partial charge in [0.25, 0.3) is 0 Å². The van der Waals surface area contributed by atoms with Crippen molar-refractivity contribution in [3.8, 4) is 0 Å². The van der Waals surface area contributed by atoms with Gasteiger partial charge in [0.15, 0.2) is 0 Å². The molecule has 1 atom stereocenters. The molecule has 0 amide bonds. The number of para-hydroxylation sites is 1. The van der Waals surface area contributed by atoms with E-state index in [-0.39, 0.29) is 5.38 Å². The molecule has 0 aliphatic rings. The van der Waals surface area contributed by atoms with Gasteiger partial charge in [-0.3, -0.25) is 0 Å². The van der Waals surface area contributed by atoms with E-state index in [9.17, 15) is 0 Å². The third kappa shape index (κ3) is 2.48. The van der Waals surface area contributed by atoms with Crippen LogP contribution in [-0.4, -0.2) is 4.98 Å². The molecule has 1 nitrogen and oxygen atoms in total. The zero-order valence-corrected chi connectivity index (χ0v) is 13.2. The highest BCUT2D eigenvalue weighted by Crippen LogP contribution is 2.36. The summed E-state index contributed by atoms with van der Waals surface area (Å²) in [6.07, 6.45) is 0.778. The first kappa shape index (κ1) is 12.6. The molecule has 0 radical (unpaired) electrons. The van der Waals surface area contributed by atoms with Crippen LogP contribution in [0.3, 0.4) is 0 Å². The van der Waals surface area contributed by atoms with Crippen LogP contribution in [0.15, 0.2) is 40.2 Å². The van der Waals surface area contributed by atoms with Crippen LogP contribution in [0.25, 0.3) is 10.2 Å². The topological polar surface area (TPSA) is 12.9 Å². The quantitative estimate of drug-likeness (QED) is 0.552. The first-order valence-electron chi connectivity index (χ1n) is 5.45. The van der Waals surface area contributed by atoms with Gasteiger partial charge in [-0.1, -0.05) is 12.1 Å². The van der Waals surface area contributed by atoms with Crippen LogP contribution in [0.5, 0.6) is 0 Å². The van der Waals surface area contributed by atoms with E-state index in [4.69, 9.17) is 11.6 Å². The average molecular weight is 359 g/mol. The Bertz CT molecular complexity index is 643. The smallest absolute Gasteiger partial charge is 0.0957 e. The van der Waals surface area contributed by atoms with E-state index < -0.39 is 0 Å². The van der Waals surface area contributed by atoms with Gasteiger partial charge in [-0.2, -0.15) is 0 Å². The molecule has 0 aliphatic heterocycles. The Labute approximate surface area is 127 Å². The maximum Gasteiger partial charge on any atom is 0.0957 e. The molecule has 2 aromatic heterocycles. The summed E-state index contributed by atoms with van der Waals surface area (Å²) in [6.45, 7) is 0. The highest BCUT2D eigenvalue weighted by molar-refractivity contribution is 9.10. The van der Waals surface area contributed by atoms with Gasteiger partial charge < -0.3 is 0 Å². The maximum atomic E-state index is 6.46. The van der Waals surface area contributed by atoms with Crippen LogP contribution in [0.1, 0.15) is 15.3 Å². The van der Waals surface area contributed by atoms with Crippen LogP contribution in [0.4, 0.5) is 0 Å². The number of rotatable bonds is 3. The maximum absolute atomic E-state index is 6.46. The van der Waals surface area contributed by atoms with Crippen LogP contribution in [-0.2, 0) is 6.42 Å². The number of hydrogen-bond acceptors (Lipinski definition) is 3. The van der Waals surface area contributed by atoms with E-state index in [2.05, 4.69) is 27.0 Å². The fraction of sp³-hybridized carbons (Fsp3) is 0.154. The predicted molar refractivity (Wildman–Crippen MR) is 83.9 cm³/mol. The molecule has 0 bridgehead atoms. The van der Waals surface area contributed by atoms with Gasteiger partial charge >= 0.3 is 0 Å². The number of fused-ring (bicyclic) bond motifs is 1. The van der Waals surface area contributed by atoms with Gasteiger partial charge in [-0.05, 0) is 39.5 Å². The molecule has 0 N–H and O–H groups in total. The molecule has 0 aliphatic carbocycles. The van der Waals surface area contributed by atoms with Crippen molar-refractivity contribution in [2.24, 2.45) is 0 Å². The molecular formula is C13H9BrClNS2. The van der Waals surface area contributed by atoms with Crippen molar-refractivity contribution in [3.63, 3.8) is 0 Å². The highest BCUT2D eigenvalue weighted by atomic mass is 79.9. The number of thiazole rings is 1. The summed E-state index contributed by atoms with van der Waals surface area (Å²) in [6, 6.07) is 10.2. The van der Waals surface area contributed by atoms with Gasteiger partial charge in [0, 0.05) is 15.8 Å². The molecule has 2 heterocycles. The van der Waals surface area contributed by atoms with E-state index >= 15 is 0 Å². The number of thiophene rings is 1. The minimum absolute atomic E-state index is 0.0139. The number of benzene rings is 1. The molecule has 0 saturated heterocycles. The van der Waals surface area contributed by atoms with Crippen molar-refractivity contribution in [2.45, 2.75) is 11.8 Å². The van der Waals surface area contributed by atoms with Gasteiger partial charge in [-0.15, -0.1) is 34.3 Å². The van der Waals surface area contributed by atoms with Crippen molar-refractivity contribution >= 4 is 60.4 Å². The van der Waals surface area contributed by atoms with E-state index in [1.807, 2.05) is 29.6 Å². The van der Waals surface area contributed by atoms with Crippen molar-refractivity contribution in [3.05, 3.63) is 50.1 Å². The van der Waals surface area contributed by atoms with Crippen LogP contribution in [0, 0.1) is 0 Å². The van der Waals surface area contributed by atoms with E-state index in [1.165, 1.54) is 9.58 Å². The molecule has 3 rings (SSSR count). The summed E-state index contributed by atoms with van der Waals surface area (Å²) in [5.74, 6) is 0. The van der Waals surface area contributed by atoms with Crippen molar-refractivity contribution in [1.29, 1.82) is 0 Å². The Hall–Kier alpha value is -0.420. The van der Waals surface area contributed by atoms with Gasteiger partial charge in [0.05, 0.1) is 20.6 Å². The summed E-state index contributed by atoms with van der Waals surface area (Å²) in [5.41, 5.74) is 1.06. The molecule has 3 aromatic rings. The predicted octanol–water partition coefficient (Wildman–Crippen LogP) is 5.64. The molecule has 1 aromatic carbocycles. The second kappa shape index (κ2) is 5.29. The van der Waals surface area contributed by atoms with Crippen molar-refractivity contribution in [1.82, 2.24) is 4.98 Å². The second-order valence-corrected chi connectivity index (χ2v) is 7.32. The van der Waals surface area contributed by atoms with Crippen LogP contribution < -0.4 is 0 Å². The zero-order valence-electron chi connectivity index (χ0n) is 9.27. The Morgan fingerprint density at radius 2 is 2.11 bits per heavy atom. The fourth-order valence-electron chi connectivity index (χ4n) is 1.78. The summed E-state index contributed by atoms with van der Waals surface area (Å²) >= 11 is 13.4. The Balaban J connectivity index is 1.86. The highest BCUT2D eigenvalue weighted by Gasteiger charge is 2.16. The molecule has 92 valence electrons. The molecule has 0 fully saturated rings. The summed E-state index contributed by atoms with van der Waals surface area (Å²) in [5, 5.41) is 3.13. The lowest BCUT2D eigenvalue weighted by atomic mass is 10.2. The molecule has 0 saturated carbocycles. The number of hydrogen-bond donors (Lipinski definition) is 0. The van der Waals surface area contributed by atoms with Gasteiger partial charge in [0.1, 0.15) is 0 Å². The monoisotopic (exact) mass is 357 g/mol. The van der Waals surface area contributed by atoms with Crippen molar-refractivity contribution < 1.29 is 0 Å². The lowest BCUT2D eigenvalue weighted by molar-refractivity contribution is 0.926. The fourth-order valence-corrected chi connectivity index (χ4v) is 5.06. The Morgan fingerprint density at radius 3 is 2.83 bits per heavy atom. The number of aromatic nitrogens is 1. The first-order valence-corrected chi connectivity index (χ1v) is 8.38. The lowest BCUT2D eigenvalue weighted by Gasteiger charge is -2.05. The second-order valence-electron chi connectivity index (χ2n) is 3.88. The summed E-state index contributed by atoms with van der Waals surface area (Å²) in [7, 11) is 0. The molecular weight excluding hydrogens is 350 g/mol. The minimum Gasteiger partial charge on any atom is -0.241 e. The lowest BCUT2D eigenvalue weighted by Crippen LogP contribution is -1.93. The van der Waals surface area contributed by atoms with Crippen LogP contribution in [0.2, 0.25) is 0 Å². The molecule has 5 heteroatoms. The largest absolute Gasteiger partial charge is 0.241 e. The van der Waals surface area contributed by atoms with Gasteiger partial charge in [-0.25, -0.2) is 4.98 Å². The number of halogens is 2. The number of nitrogens with zero attached hydrogens (tertiary/aromatic N) is 1. The molecule has 0 spiro atoms. The van der Waals surface area contributed by atoms with E-state index in [0.29, 0.717) is 0 Å². The molecule has 18 heavy (non-hydrogen) atoms.